The predicted octanol–water partition coefficient (Wildman–Crippen LogP) is 0.949. The van der Waals surface area contributed by atoms with E-state index in [1.807, 2.05) is 0 Å². The number of nitrogens with one attached hydrogen (secondary N) is 2. The fourth-order valence-corrected chi connectivity index (χ4v) is 0.899. The van der Waals surface area contributed by atoms with Gasteiger partial charge < -0.3 is 16.2 Å². The van der Waals surface area contributed by atoms with Gasteiger partial charge in [0.1, 0.15) is 18.6 Å². The molecule has 0 spiro atoms. The summed E-state index contributed by atoms with van der Waals surface area (Å²) >= 11 is 0. The van der Waals surface area contributed by atoms with E-state index < -0.39 is 18.7 Å². The zero-order valence-corrected chi connectivity index (χ0v) is 10.4. The summed E-state index contributed by atoms with van der Waals surface area (Å²) in [7, 11) is 0. The standard InChI is InChI=1S/C8H16FN3O2.2ClH/c9-5-7(11)12-4-2-1-3-6(10)8(13)14;;/h6H,1-5,10H2,(H2,11,12)(H,13,14);2*1H/t6-;;/m0../s1. The monoisotopic (exact) mass is 277 g/mol. The van der Waals surface area contributed by atoms with Crippen molar-refractivity contribution in [2.75, 3.05) is 13.2 Å². The van der Waals surface area contributed by atoms with Crippen molar-refractivity contribution < 1.29 is 14.3 Å². The molecule has 0 fully saturated rings. The third-order valence-electron chi connectivity index (χ3n) is 1.73. The zero-order valence-electron chi connectivity index (χ0n) is 8.74. The SMILES string of the molecule is Cl.Cl.N=C(CF)NCCCC[C@H](N)C(=O)O. The molecule has 0 bridgehead atoms. The van der Waals surface area contributed by atoms with Gasteiger partial charge in [-0.2, -0.15) is 0 Å². The van der Waals surface area contributed by atoms with E-state index >= 15 is 0 Å². The van der Waals surface area contributed by atoms with Crippen LogP contribution in [0, 0.1) is 5.41 Å². The number of hydrogen-bond acceptors (Lipinski definition) is 3. The fourth-order valence-electron chi connectivity index (χ4n) is 0.899. The molecule has 0 unspecified atom stereocenters. The van der Waals surface area contributed by atoms with Crippen LogP contribution in [0.4, 0.5) is 4.39 Å². The van der Waals surface area contributed by atoms with Gasteiger partial charge in [-0.15, -0.1) is 24.8 Å². The Balaban J connectivity index is -0.000000845. The zero-order chi connectivity index (χ0) is 11.0. The van der Waals surface area contributed by atoms with E-state index in [0.717, 1.165) is 0 Å². The van der Waals surface area contributed by atoms with Gasteiger partial charge in [0, 0.05) is 6.54 Å². The Bertz CT molecular complexity index is 208. The van der Waals surface area contributed by atoms with Gasteiger partial charge in [0.25, 0.3) is 0 Å². The molecule has 0 aromatic rings. The van der Waals surface area contributed by atoms with Crippen LogP contribution in [-0.4, -0.2) is 36.2 Å². The molecular formula is C8H18Cl2FN3O2. The lowest BCUT2D eigenvalue weighted by molar-refractivity contribution is -0.138. The van der Waals surface area contributed by atoms with E-state index in [-0.39, 0.29) is 30.6 Å². The minimum atomic E-state index is -1.01. The largest absolute Gasteiger partial charge is 0.480 e. The van der Waals surface area contributed by atoms with E-state index in [2.05, 4.69) is 5.32 Å². The average Bonchev–Trinajstić information content (AvgIpc) is 2.16. The molecule has 0 aromatic heterocycles. The highest BCUT2D eigenvalue weighted by atomic mass is 35.5. The van der Waals surface area contributed by atoms with E-state index in [1.165, 1.54) is 0 Å². The highest BCUT2D eigenvalue weighted by Crippen LogP contribution is 1.98. The lowest BCUT2D eigenvalue weighted by Gasteiger charge is -2.06. The predicted molar refractivity (Wildman–Crippen MR) is 65.7 cm³/mol. The minimum Gasteiger partial charge on any atom is -0.480 e. The summed E-state index contributed by atoms with van der Waals surface area (Å²) in [5, 5.41) is 17.9. The van der Waals surface area contributed by atoms with Gasteiger partial charge in [0.05, 0.1) is 0 Å². The van der Waals surface area contributed by atoms with Crippen molar-refractivity contribution in [1.29, 1.82) is 5.41 Å². The van der Waals surface area contributed by atoms with Crippen molar-refractivity contribution in [3.8, 4) is 0 Å². The molecule has 1 atom stereocenters. The molecule has 0 aromatic carbocycles. The second-order valence-corrected chi connectivity index (χ2v) is 2.98. The number of hydrogen-bond donors (Lipinski definition) is 4. The Kier molecular flexibility index (Phi) is 16.2. The van der Waals surface area contributed by atoms with Crippen molar-refractivity contribution in [2.45, 2.75) is 25.3 Å². The first-order valence-electron chi connectivity index (χ1n) is 4.43. The highest BCUT2D eigenvalue weighted by Gasteiger charge is 2.09. The molecule has 0 saturated carbocycles. The maximum absolute atomic E-state index is 11.7. The molecule has 0 saturated heterocycles. The summed E-state index contributed by atoms with van der Waals surface area (Å²) in [5.41, 5.74) is 5.26. The number of carbonyl (C=O) groups is 1. The van der Waals surface area contributed by atoms with E-state index in [9.17, 15) is 9.18 Å². The van der Waals surface area contributed by atoms with Crippen LogP contribution >= 0.6 is 24.8 Å². The van der Waals surface area contributed by atoms with Crippen LogP contribution in [0.5, 0.6) is 0 Å². The van der Waals surface area contributed by atoms with Crippen LogP contribution < -0.4 is 11.1 Å². The minimum absolute atomic E-state index is 0. The summed E-state index contributed by atoms with van der Waals surface area (Å²) < 4.78 is 11.7. The van der Waals surface area contributed by atoms with Gasteiger partial charge in [-0.3, -0.25) is 10.2 Å². The van der Waals surface area contributed by atoms with Crippen LogP contribution in [0.3, 0.4) is 0 Å². The molecule has 5 nitrogen and oxygen atoms in total. The second kappa shape index (κ2) is 12.5. The number of unbranched alkanes of at least 4 members (excludes halogenated alkanes) is 1. The quantitative estimate of drug-likeness (QED) is 0.316. The maximum atomic E-state index is 11.7. The smallest absolute Gasteiger partial charge is 0.320 e. The molecular weight excluding hydrogens is 260 g/mol. The van der Waals surface area contributed by atoms with Crippen molar-refractivity contribution in [1.82, 2.24) is 5.32 Å². The van der Waals surface area contributed by atoms with Crippen molar-refractivity contribution >= 4 is 36.6 Å². The molecule has 98 valence electrons. The molecule has 0 aliphatic carbocycles. The maximum Gasteiger partial charge on any atom is 0.320 e. The molecule has 0 radical (unpaired) electrons. The summed E-state index contributed by atoms with van der Waals surface area (Å²) in [4.78, 5) is 10.3. The average molecular weight is 278 g/mol. The number of halogens is 3. The van der Waals surface area contributed by atoms with Crippen molar-refractivity contribution in [3.63, 3.8) is 0 Å². The number of rotatable bonds is 7. The van der Waals surface area contributed by atoms with Crippen molar-refractivity contribution in [3.05, 3.63) is 0 Å². The lowest BCUT2D eigenvalue weighted by Crippen LogP contribution is -2.30. The summed E-state index contributed by atoms with van der Waals surface area (Å²) in [6, 6.07) is -0.823. The molecule has 0 aliphatic rings. The Hall–Kier alpha value is -0.590. The fraction of sp³-hybridized carbons (Fsp3) is 0.750. The summed E-state index contributed by atoms with van der Waals surface area (Å²) in [6.07, 6.45) is 1.74. The van der Waals surface area contributed by atoms with Gasteiger partial charge in [-0.05, 0) is 19.3 Å². The number of carboxylic acid groups (broad SMARTS) is 1. The van der Waals surface area contributed by atoms with E-state index in [0.29, 0.717) is 25.8 Å². The molecule has 0 aliphatic heterocycles. The highest BCUT2D eigenvalue weighted by molar-refractivity contribution is 5.85. The van der Waals surface area contributed by atoms with Gasteiger partial charge in [-0.25, -0.2) is 4.39 Å². The van der Waals surface area contributed by atoms with Crippen LogP contribution in [0.2, 0.25) is 0 Å². The van der Waals surface area contributed by atoms with Crippen LogP contribution in [0.25, 0.3) is 0 Å². The molecule has 0 amide bonds. The summed E-state index contributed by atoms with van der Waals surface area (Å²) in [6.45, 7) is -0.316. The molecule has 8 heteroatoms. The number of carboxylic acids is 1. The number of amidine groups is 1. The van der Waals surface area contributed by atoms with E-state index in [1.54, 1.807) is 0 Å². The van der Waals surface area contributed by atoms with Crippen LogP contribution in [-0.2, 0) is 4.79 Å². The third-order valence-corrected chi connectivity index (χ3v) is 1.73. The van der Waals surface area contributed by atoms with Crippen LogP contribution in [0.15, 0.2) is 0 Å². The first kappa shape index (κ1) is 20.8. The first-order chi connectivity index (χ1) is 6.57. The Labute approximate surface area is 106 Å². The van der Waals surface area contributed by atoms with E-state index in [4.69, 9.17) is 16.2 Å². The number of aliphatic carboxylic acids is 1. The van der Waals surface area contributed by atoms with Gasteiger partial charge in [0.15, 0.2) is 0 Å². The summed E-state index contributed by atoms with van der Waals surface area (Å²) in [5.74, 6) is -1.15. The Morgan fingerprint density at radius 2 is 2.00 bits per heavy atom. The topological polar surface area (TPSA) is 99.2 Å². The molecule has 5 N–H and O–H groups in total. The van der Waals surface area contributed by atoms with Gasteiger partial charge in [-0.1, -0.05) is 0 Å². The molecule has 0 heterocycles. The van der Waals surface area contributed by atoms with Gasteiger partial charge in [0.2, 0.25) is 0 Å². The number of nitrogens with two attached hydrogens (primary N) is 1. The van der Waals surface area contributed by atoms with Crippen LogP contribution in [0.1, 0.15) is 19.3 Å². The lowest BCUT2D eigenvalue weighted by atomic mass is 10.1. The number of alkyl halides is 1. The molecule has 0 rings (SSSR count). The normalized spacial score (nSPS) is 10.6. The second-order valence-electron chi connectivity index (χ2n) is 2.98. The Morgan fingerprint density at radius 3 is 2.44 bits per heavy atom. The van der Waals surface area contributed by atoms with Crippen molar-refractivity contribution in [2.24, 2.45) is 5.73 Å². The first-order valence-corrected chi connectivity index (χ1v) is 4.43. The Morgan fingerprint density at radius 1 is 1.44 bits per heavy atom. The van der Waals surface area contributed by atoms with Gasteiger partial charge >= 0.3 is 5.97 Å². The third kappa shape index (κ3) is 11.5. The molecule has 16 heavy (non-hydrogen) atoms.